The molecule has 0 saturated heterocycles. The van der Waals surface area contributed by atoms with Gasteiger partial charge in [0.25, 0.3) is 0 Å². The van der Waals surface area contributed by atoms with E-state index in [4.69, 9.17) is 11.6 Å². The van der Waals surface area contributed by atoms with E-state index in [1.54, 1.807) is 10.8 Å². The number of aromatic nitrogens is 3. The minimum Gasteiger partial charge on any atom is -0.352 e. The van der Waals surface area contributed by atoms with Gasteiger partial charge in [-0.1, -0.05) is 0 Å². The van der Waals surface area contributed by atoms with Crippen LogP contribution >= 0.6 is 11.6 Å². The van der Waals surface area contributed by atoms with Gasteiger partial charge >= 0.3 is 0 Å². The standard InChI is InChI=1S/C13H17ClN4O/c1-8(2)16-13(19)9(3)18-11(7-14)17-10-5-4-6-15-12(10)18/h4-6,8-9H,7H2,1-3H3,(H,16,19). The first-order valence-electron chi connectivity index (χ1n) is 6.22. The number of nitrogens with zero attached hydrogens (tertiary/aromatic N) is 3. The number of rotatable bonds is 4. The van der Waals surface area contributed by atoms with Gasteiger partial charge in [0.05, 0.1) is 5.88 Å². The quantitative estimate of drug-likeness (QED) is 0.874. The summed E-state index contributed by atoms with van der Waals surface area (Å²) in [6, 6.07) is 3.38. The molecule has 5 nitrogen and oxygen atoms in total. The number of nitrogens with one attached hydrogen (secondary N) is 1. The van der Waals surface area contributed by atoms with Gasteiger partial charge in [0, 0.05) is 12.2 Å². The van der Waals surface area contributed by atoms with Gasteiger partial charge < -0.3 is 5.32 Å². The molecule has 1 unspecified atom stereocenters. The third-order valence-electron chi connectivity index (χ3n) is 2.84. The number of carbonyl (C=O) groups is 1. The molecule has 2 aromatic rings. The molecule has 0 aliphatic heterocycles. The van der Waals surface area contributed by atoms with Crippen LogP contribution in [0.5, 0.6) is 0 Å². The van der Waals surface area contributed by atoms with Gasteiger partial charge in [-0.3, -0.25) is 9.36 Å². The zero-order chi connectivity index (χ0) is 14.0. The zero-order valence-corrected chi connectivity index (χ0v) is 12.0. The number of halogens is 1. The van der Waals surface area contributed by atoms with Gasteiger partial charge in [0.15, 0.2) is 5.65 Å². The summed E-state index contributed by atoms with van der Waals surface area (Å²) in [5, 5.41) is 2.89. The lowest BCUT2D eigenvalue weighted by molar-refractivity contribution is -0.124. The minimum atomic E-state index is -0.393. The first kappa shape index (κ1) is 13.8. The Balaban J connectivity index is 2.45. The highest BCUT2D eigenvalue weighted by Crippen LogP contribution is 2.20. The van der Waals surface area contributed by atoms with Gasteiger partial charge in [-0.2, -0.15) is 0 Å². The summed E-state index contributed by atoms with van der Waals surface area (Å²) in [7, 11) is 0. The number of fused-ring (bicyclic) bond motifs is 1. The Morgan fingerprint density at radius 2 is 2.21 bits per heavy atom. The lowest BCUT2D eigenvalue weighted by Crippen LogP contribution is -2.36. The molecule has 0 bridgehead atoms. The number of carbonyl (C=O) groups excluding carboxylic acids is 1. The molecule has 0 saturated carbocycles. The average molecular weight is 281 g/mol. The van der Waals surface area contributed by atoms with Crippen LogP contribution < -0.4 is 5.32 Å². The van der Waals surface area contributed by atoms with Gasteiger partial charge in [-0.25, -0.2) is 9.97 Å². The lowest BCUT2D eigenvalue weighted by Gasteiger charge is -2.17. The van der Waals surface area contributed by atoms with Gasteiger partial charge in [0.2, 0.25) is 5.91 Å². The van der Waals surface area contributed by atoms with Crippen molar-refractivity contribution in [3.8, 4) is 0 Å². The van der Waals surface area contributed by atoms with Gasteiger partial charge in [-0.05, 0) is 32.9 Å². The van der Waals surface area contributed by atoms with Crippen molar-refractivity contribution >= 4 is 28.7 Å². The predicted octanol–water partition coefficient (Wildman–Crippen LogP) is 2.26. The van der Waals surface area contributed by atoms with Crippen molar-refractivity contribution in [1.29, 1.82) is 0 Å². The Bertz CT molecular complexity index is 593. The molecule has 1 N–H and O–H groups in total. The summed E-state index contributed by atoms with van der Waals surface area (Å²) < 4.78 is 1.79. The Morgan fingerprint density at radius 1 is 1.47 bits per heavy atom. The molecule has 0 spiro atoms. The van der Waals surface area contributed by atoms with E-state index in [-0.39, 0.29) is 17.8 Å². The van der Waals surface area contributed by atoms with E-state index < -0.39 is 6.04 Å². The molecule has 0 radical (unpaired) electrons. The summed E-state index contributed by atoms with van der Waals surface area (Å²) in [5.41, 5.74) is 1.44. The van der Waals surface area contributed by atoms with Crippen LogP contribution in [-0.2, 0) is 10.7 Å². The molecule has 0 aliphatic carbocycles. The van der Waals surface area contributed by atoms with Crippen LogP contribution in [0.25, 0.3) is 11.2 Å². The number of hydrogen-bond donors (Lipinski definition) is 1. The Hall–Kier alpha value is -1.62. The molecule has 102 valence electrons. The highest BCUT2D eigenvalue weighted by Gasteiger charge is 2.22. The van der Waals surface area contributed by atoms with Gasteiger partial charge in [0.1, 0.15) is 17.4 Å². The van der Waals surface area contributed by atoms with Crippen LogP contribution in [0.4, 0.5) is 0 Å². The molecule has 0 aromatic carbocycles. The number of pyridine rings is 1. The SMILES string of the molecule is CC(C)NC(=O)C(C)n1c(CCl)nc2cccnc21. The summed E-state index contributed by atoms with van der Waals surface area (Å²) in [4.78, 5) is 20.8. The minimum absolute atomic E-state index is 0.0636. The third-order valence-corrected chi connectivity index (χ3v) is 3.08. The van der Waals surface area contributed by atoms with E-state index in [2.05, 4.69) is 15.3 Å². The van der Waals surface area contributed by atoms with E-state index in [1.165, 1.54) is 0 Å². The van der Waals surface area contributed by atoms with Crippen LogP contribution in [0, 0.1) is 0 Å². The topological polar surface area (TPSA) is 59.8 Å². The van der Waals surface area contributed by atoms with Crippen LogP contribution in [0.2, 0.25) is 0 Å². The third kappa shape index (κ3) is 2.71. The number of hydrogen-bond acceptors (Lipinski definition) is 3. The molecule has 19 heavy (non-hydrogen) atoms. The molecular formula is C13H17ClN4O. The average Bonchev–Trinajstić information content (AvgIpc) is 2.75. The fraction of sp³-hybridized carbons (Fsp3) is 0.462. The van der Waals surface area contributed by atoms with Crippen molar-refractivity contribution in [2.45, 2.75) is 38.7 Å². The molecule has 1 atom stereocenters. The van der Waals surface area contributed by atoms with Crippen molar-refractivity contribution in [2.75, 3.05) is 0 Å². The maximum Gasteiger partial charge on any atom is 0.243 e. The molecule has 2 heterocycles. The number of amides is 1. The largest absolute Gasteiger partial charge is 0.352 e. The van der Waals surface area contributed by atoms with Crippen molar-refractivity contribution in [2.24, 2.45) is 0 Å². The highest BCUT2D eigenvalue weighted by atomic mass is 35.5. The summed E-state index contributed by atoms with van der Waals surface area (Å²) in [6.07, 6.45) is 1.69. The molecule has 1 amide bonds. The number of alkyl halides is 1. The molecule has 2 rings (SSSR count). The first-order chi connectivity index (χ1) is 9.04. The molecular weight excluding hydrogens is 264 g/mol. The second-order valence-corrected chi connectivity index (χ2v) is 4.98. The zero-order valence-electron chi connectivity index (χ0n) is 11.2. The molecule has 0 aliphatic rings. The smallest absolute Gasteiger partial charge is 0.243 e. The summed E-state index contributed by atoms with van der Waals surface area (Å²) >= 11 is 5.92. The molecule has 0 fully saturated rings. The van der Waals surface area contributed by atoms with Crippen molar-refractivity contribution in [1.82, 2.24) is 19.9 Å². The highest BCUT2D eigenvalue weighted by molar-refractivity contribution is 6.16. The van der Waals surface area contributed by atoms with E-state index in [0.29, 0.717) is 11.5 Å². The first-order valence-corrected chi connectivity index (χ1v) is 6.76. The maximum atomic E-state index is 12.1. The van der Waals surface area contributed by atoms with Crippen molar-refractivity contribution < 1.29 is 4.79 Å². The van der Waals surface area contributed by atoms with E-state index in [0.717, 1.165) is 5.52 Å². The van der Waals surface area contributed by atoms with E-state index in [1.807, 2.05) is 32.9 Å². The fourth-order valence-electron chi connectivity index (χ4n) is 2.00. The fourth-order valence-corrected chi connectivity index (χ4v) is 2.19. The van der Waals surface area contributed by atoms with E-state index in [9.17, 15) is 4.79 Å². The summed E-state index contributed by atoms with van der Waals surface area (Å²) in [5.74, 6) is 0.837. The van der Waals surface area contributed by atoms with Crippen LogP contribution in [0.15, 0.2) is 18.3 Å². The van der Waals surface area contributed by atoms with E-state index >= 15 is 0 Å². The molecule has 2 aromatic heterocycles. The maximum absolute atomic E-state index is 12.1. The van der Waals surface area contributed by atoms with Gasteiger partial charge in [-0.15, -0.1) is 11.6 Å². The van der Waals surface area contributed by atoms with Crippen LogP contribution in [0.3, 0.4) is 0 Å². The molecule has 6 heteroatoms. The predicted molar refractivity (Wildman–Crippen MR) is 75.1 cm³/mol. The van der Waals surface area contributed by atoms with Crippen LogP contribution in [0.1, 0.15) is 32.6 Å². The second kappa shape index (κ2) is 5.57. The Labute approximate surface area is 117 Å². The Kier molecular flexibility index (Phi) is 4.04. The van der Waals surface area contributed by atoms with Crippen molar-refractivity contribution in [3.63, 3.8) is 0 Å². The van der Waals surface area contributed by atoms with Crippen LogP contribution in [-0.4, -0.2) is 26.5 Å². The monoisotopic (exact) mass is 280 g/mol. The second-order valence-electron chi connectivity index (χ2n) is 4.72. The normalized spacial score (nSPS) is 12.9. The lowest BCUT2D eigenvalue weighted by atomic mass is 10.2. The van der Waals surface area contributed by atoms with Crippen molar-refractivity contribution in [3.05, 3.63) is 24.2 Å². The Morgan fingerprint density at radius 3 is 2.84 bits per heavy atom. The summed E-state index contributed by atoms with van der Waals surface area (Å²) in [6.45, 7) is 5.68. The number of imidazole rings is 1.